The molecular formula is C18H28N2O3S. The van der Waals surface area contributed by atoms with Gasteiger partial charge in [0.2, 0.25) is 15.9 Å². The van der Waals surface area contributed by atoms with E-state index in [9.17, 15) is 13.2 Å². The van der Waals surface area contributed by atoms with E-state index in [4.69, 9.17) is 0 Å². The van der Waals surface area contributed by atoms with Crippen molar-refractivity contribution in [3.63, 3.8) is 0 Å². The minimum absolute atomic E-state index is 0.124. The van der Waals surface area contributed by atoms with Crippen LogP contribution < -0.4 is 0 Å². The molecule has 0 atom stereocenters. The Labute approximate surface area is 145 Å². The molecule has 0 spiro atoms. The number of sulfonamides is 1. The summed E-state index contributed by atoms with van der Waals surface area (Å²) in [5, 5.41) is 0. The van der Waals surface area contributed by atoms with Crippen molar-refractivity contribution in [3.8, 4) is 0 Å². The lowest BCUT2D eigenvalue weighted by Crippen LogP contribution is -2.37. The van der Waals surface area contributed by atoms with Gasteiger partial charge in [-0.15, -0.1) is 0 Å². The average molecular weight is 353 g/mol. The Balaban J connectivity index is 2.22. The van der Waals surface area contributed by atoms with Crippen LogP contribution >= 0.6 is 0 Å². The second kappa shape index (κ2) is 7.66. The van der Waals surface area contributed by atoms with E-state index < -0.39 is 10.0 Å². The Kier molecular flexibility index (Phi) is 6.04. The molecule has 0 N–H and O–H groups in total. The maximum absolute atomic E-state index is 13.0. The largest absolute Gasteiger partial charge is 0.341 e. The zero-order valence-electron chi connectivity index (χ0n) is 15.1. The number of nitrogens with zero attached hydrogens (tertiary/aromatic N) is 2. The van der Waals surface area contributed by atoms with Crippen LogP contribution in [-0.2, 0) is 14.8 Å². The molecule has 0 unspecified atom stereocenters. The van der Waals surface area contributed by atoms with E-state index in [1.54, 1.807) is 11.0 Å². The molecule has 0 bridgehead atoms. The van der Waals surface area contributed by atoms with Gasteiger partial charge in [0.1, 0.15) is 0 Å². The van der Waals surface area contributed by atoms with Gasteiger partial charge in [0.05, 0.1) is 4.90 Å². The minimum Gasteiger partial charge on any atom is -0.341 e. The first-order valence-electron chi connectivity index (χ1n) is 8.63. The highest BCUT2D eigenvalue weighted by atomic mass is 32.2. The van der Waals surface area contributed by atoms with Gasteiger partial charge < -0.3 is 4.90 Å². The molecule has 1 aromatic rings. The van der Waals surface area contributed by atoms with Gasteiger partial charge in [-0.25, -0.2) is 8.42 Å². The summed E-state index contributed by atoms with van der Waals surface area (Å²) in [6.45, 7) is 9.68. The SMILES string of the molecule is CCCC(=O)N1CCCN(S(=O)(=O)c2cc(C)c(C)cc2C)CC1. The third kappa shape index (κ3) is 3.98. The lowest BCUT2D eigenvalue weighted by molar-refractivity contribution is -0.131. The normalized spacial score (nSPS) is 16.9. The highest BCUT2D eigenvalue weighted by molar-refractivity contribution is 7.89. The van der Waals surface area contributed by atoms with E-state index in [1.165, 1.54) is 4.31 Å². The first kappa shape index (κ1) is 18.9. The molecular weight excluding hydrogens is 324 g/mol. The van der Waals surface area contributed by atoms with Gasteiger partial charge in [-0.3, -0.25) is 4.79 Å². The Bertz CT molecular complexity index is 713. The molecule has 1 aromatic carbocycles. The van der Waals surface area contributed by atoms with Gasteiger partial charge in [-0.2, -0.15) is 4.31 Å². The maximum Gasteiger partial charge on any atom is 0.243 e. The number of carbonyl (C=O) groups is 1. The van der Waals surface area contributed by atoms with Gasteiger partial charge >= 0.3 is 0 Å². The fourth-order valence-corrected chi connectivity index (χ4v) is 4.87. The van der Waals surface area contributed by atoms with Crippen molar-refractivity contribution in [1.82, 2.24) is 9.21 Å². The molecule has 1 heterocycles. The second-order valence-corrected chi connectivity index (χ2v) is 8.50. The molecule has 1 saturated heterocycles. The molecule has 134 valence electrons. The Morgan fingerprint density at radius 1 is 1.00 bits per heavy atom. The average Bonchev–Trinajstić information content (AvgIpc) is 2.77. The molecule has 1 fully saturated rings. The van der Waals surface area contributed by atoms with Gasteiger partial charge in [0.15, 0.2) is 0 Å². The summed E-state index contributed by atoms with van der Waals surface area (Å²) in [4.78, 5) is 14.3. The zero-order chi connectivity index (χ0) is 17.9. The van der Waals surface area contributed by atoms with E-state index in [-0.39, 0.29) is 5.91 Å². The van der Waals surface area contributed by atoms with Gasteiger partial charge in [-0.1, -0.05) is 13.0 Å². The van der Waals surface area contributed by atoms with Gasteiger partial charge in [0.25, 0.3) is 0 Å². The van der Waals surface area contributed by atoms with Crippen LogP contribution in [0.1, 0.15) is 42.9 Å². The first-order valence-corrected chi connectivity index (χ1v) is 10.1. The lowest BCUT2D eigenvalue weighted by atomic mass is 10.1. The van der Waals surface area contributed by atoms with Crippen LogP contribution in [0.5, 0.6) is 0 Å². The zero-order valence-corrected chi connectivity index (χ0v) is 15.9. The lowest BCUT2D eigenvalue weighted by Gasteiger charge is -2.23. The van der Waals surface area contributed by atoms with Crippen LogP contribution in [0.4, 0.5) is 0 Å². The summed E-state index contributed by atoms with van der Waals surface area (Å²) < 4.78 is 27.6. The first-order chi connectivity index (χ1) is 11.3. The highest BCUT2D eigenvalue weighted by Gasteiger charge is 2.29. The summed E-state index contributed by atoms with van der Waals surface area (Å²) in [7, 11) is -3.52. The Hall–Kier alpha value is -1.40. The molecule has 24 heavy (non-hydrogen) atoms. The number of carbonyl (C=O) groups excluding carboxylic acids is 1. The number of aryl methyl sites for hydroxylation is 3. The summed E-state index contributed by atoms with van der Waals surface area (Å²) in [6, 6.07) is 3.70. The molecule has 1 aliphatic rings. The van der Waals surface area contributed by atoms with Crippen molar-refractivity contribution in [2.75, 3.05) is 26.2 Å². The van der Waals surface area contributed by atoms with Crippen LogP contribution in [-0.4, -0.2) is 49.7 Å². The van der Waals surface area contributed by atoms with E-state index in [1.807, 2.05) is 33.8 Å². The van der Waals surface area contributed by atoms with Crippen molar-refractivity contribution < 1.29 is 13.2 Å². The van der Waals surface area contributed by atoms with Gasteiger partial charge in [0, 0.05) is 32.6 Å². The van der Waals surface area contributed by atoms with Crippen LogP contribution in [0.25, 0.3) is 0 Å². The molecule has 0 aromatic heterocycles. The molecule has 6 heteroatoms. The third-order valence-corrected chi connectivity index (χ3v) is 6.72. The van der Waals surface area contributed by atoms with Crippen LogP contribution in [0, 0.1) is 20.8 Å². The smallest absolute Gasteiger partial charge is 0.243 e. The molecule has 5 nitrogen and oxygen atoms in total. The topological polar surface area (TPSA) is 57.7 Å². The summed E-state index contributed by atoms with van der Waals surface area (Å²) in [6.07, 6.45) is 2.03. The van der Waals surface area contributed by atoms with Gasteiger partial charge in [-0.05, 0) is 56.4 Å². The number of rotatable bonds is 4. The number of amides is 1. The van der Waals surface area contributed by atoms with Crippen molar-refractivity contribution >= 4 is 15.9 Å². The summed E-state index contributed by atoms with van der Waals surface area (Å²) >= 11 is 0. The third-order valence-electron chi connectivity index (χ3n) is 4.68. The number of benzene rings is 1. The standard InChI is InChI=1S/C18H28N2O3S/c1-5-7-18(21)19-8-6-9-20(11-10-19)24(22,23)17-13-15(3)14(2)12-16(17)4/h12-13H,5-11H2,1-4H3. The molecule has 1 aliphatic heterocycles. The second-order valence-electron chi connectivity index (χ2n) is 6.59. The molecule has 1 amide bonds. The Morgan fingerprint density at radius 2 is 1.67 bits per heavy atom. The van der Waals surface area contributed by atoms with E-state index in [2.05, 4.69) is 0 Å². The fraction of sp³-hybridized carbons (Fsp3) is 0.611. The number of hydrogen-bond donors (Lipinski definition) is 0. The molecule has 0 radical (unpaired) electrons. The number of hydrogen-bond acceptors (Lipinski definition) is 3. The van der Waals surface area contributed by atoms with E-state index >= 15 is 0 Å². The predicted octanol–water partition coefficient (Wildman–Crippen LogP) is 2.63. The Morgan fingerprint density at radius 3 is 2.33 bits per heavy atom. The monoisotopic (exact) mass is 352 g/mol. The van der Waals surface area contributed by atoms with Crippen LogP contribution in [0.3, 0.4) is 0 Å². The quantitative estimate of drug-likeness (QED) is 0.837. The van der Waals surface area contributed by atoms with Crippen molar-refractivity contribution in [1.29, 1.82) is 0 Å². The minimum atomic E-state index is -3.52. The fourth-order valence-electron chi connectivity index (χ4n) is 3.11. The molecule has 0 saturated carbocycles. The van der Waals surface area contributed by atoms with Crippen LogP contribution in [0.2, 0.25) is 0 Å². The maximum atomic E-state index is 13.0. The van der Waals surface area contributed by atoms with Crippen molar-refractivity contribution in [3.05, 3.63) is 28.8 Å². The summed E-state index contributed by atoms with van der Waals surface area (Å²) in [5.74, 6) is 0.124. The van der Waals surface area contributed by atoms with E-state index in [0.717, 1.165) is 23.1 Å². The van der Waals surface area contributed by atoms with Crippen molar-refractivity contribution in [2.45, 2.75) is 51.9 Å². The predicted molar refractivity (Wildman–Crippen MR) is 95.5 cm³/mol. The van der Waals surface area contributed by atoms with Crippen molar-refractivity contribution in [2.24, 2.45) is 0 Å². The summed E-state index contributed by atoms with van der Waals surface area (Å²) in [5.41, 5.74) is 2.86. The molecule has 2 rings (SSSR count). The molecule has 0 aliphatic carbocycles. The van der Waals surface area contributed by atoms with Crippen LogP contribution in [0.15, 0.2) is 17.0 Å². The highest BCUT2D eigenvalue weighted by Crippen LogP contribution is 2.24. The van der Waals surface area contributed by atoms with E-state index in [0.29, 0.717) is 43.9 Å².